The van der Waals surface area contributed by atoms with Gasteiger partial charge in [-0.05, 0) is 37.8 Å². The summed E-state index contributed by atoms with van der Waals surface area (Å²) in [4.78, 5) is 14.5. The van der Waals surface area contributed by atoms with Crippen LogP contribution in [0.5, 0.6) is 0 Å². The molecule has 2 heterocycles. The van der Waals surface area contributed by atoms with Crippen LogP contribution in [-0.4, -0.2) is 57.0 Å². The third-order valence-corrected chi connectivity index (χ3v) is 3.37. The van der Waals surface area contributed by atoms with Crippen LogP contribution >= 0.6 is 11.6 Å². The lowest BCUT2D eigenvalue weighted by molar-refractivity contribution is 0.0131. The van der Waals surface area contributed by atoms with Gasteiger partial charge in [0.15, 0.2) is 0 Å². The molecule has 0 aromatic carbocycles. The number of piperidine rings is 1. The first-order valence-electron chi connectivity index (χ1n) is 6.74. The van der Waals surface area contributed by atoms with Crippen LogP contribution in [0.1, 0.15) is 26.2 Å². The van der Waals surface area contributed by atoms with Crippen LogP contribution < -0.4 is 10.2 Å². The topological polar surface area (TPSA) is 94.4 Å². The lowest BCUT2D eigenvalue weighted by Crippen LogP contribution is -2.37. The number of anilines is 2. The van der Waals surface area contributed by atoms with Gasteiger partial charge in [-0.25, -0.2) is 0 Å². The van der Waals surface area contributed by atoms with Crippen molar-refractivity contribution in [1.82, 2.24) is 15.0 Å². The summed E-state index contributed by atoms with van der Waals surface area (Å²) in [5, 5.41) is 21.7. The van der Waals surface area contributed by atoms with Crippen molar-refractivity contribution in [2.75, 3.05) is 36.5 Å². The average molecular weight is 302 g/mol. The first kappa shape index (κ1) is 15.2. The van der Waals surface area contributed by atoms with Crippen molar-refractivity contribution in [3.63, 3.8) is 0 Å². The Morgan fingerprint density at radius 3 is 2.60 bits per heavy atom. The van der Waals surface area contributed by atoms with Gasteiger partial charge in [-0.2, -0.15) is 15.0 Å². The number of aromatic nitrogens is 3. The minimum atomic E-state index is -1.23. The van der Waals surface area contributed by atoms with E-state index in [1.54, 1.807) is 0 Å². The molecule has 3 N–H and O–H groups in total. The summed E-state index contributed by atoms with van der Waals surface area (Å²) >= 11 is 5.91. The van der Waals surface area contributed by atoms with E-state index in [-0.39, 0.29) is 18.4 Å². The zero-order valence-corrected chi connectivity index (χ0v) is 12.3. The monoisotopic (exact) mass is 301 g/mol. The molecule has 0 saturated carbocycles. The summed E-state index contributed by atoms with van der Waals surface area (Å²) in [6.07, 6.45) is 3.45. The van der Waals surface area contributed by atoms with Crippen molar-refractivity contribution >= 4 is 23.5 Å². The van der Waals surface area contributed by atoms with Gasteiger partial charge in [0.2, 0.25) is 17.2 Å². The molecule has 7 nitrogen and oxygen atoms in total. The molecule has 1 aromatic rings. The van der Waals surface area contributed by atoms with E-state index in [4.69, 9.17) is 16.7 Å². The zero-order chi connectivity index (χ0) is 14.6. The molecule has 112 valence electrons. The van der Waals surface area contributed by atoms with Gasteiger partial charge in [0, 0.05) is 19.6 Å². The maximum atomic E-state index is 9.74. The maximum absolute atomic E-state index is 9.74. The molecule has 0 amide bonds. The van der Waals surface area contributed by atoms with E-state index in [1.165, 1.54) is 13.3 Å². The van der Waals surface area contributed by atoms with E-state index in [0.717, 1.165) is 25.9 Å². The Kier molecular flexibility index (Phi) is 4.95. The molecule has 8 heteroatoms. The SMILES string of the molecule is CC(O)(CO)CNc1nc(Cl)nc(N2CCCCC2)n1. The Labute approximate surface area is 123 Å². The third-order valence-electron chi connectivity index (χ3n) is 3.20. The van der Waals surface area contributed by atoms with Gasteiger partial charge >= 0.3 is 0 Å². The van der Waals surface area contributed by atoms with Crippen LogP contribution in [-0.2, 0) is 0 Å². The lowest BCUT2D eigenvalue weighted by atomic mass is 10.1. The highest BCUT2D eigenvalue weighted by atomic mass is 35.5. The van der Waals surface area contributed by atoms with Crippen molar-refractivity contribution in [2.24, 2.45) is 0 Å². The number of aliphatic hydroxyl groups is 2. The third kappa shape index (κ3) is 4.16. The molecule has 2 rings (SSSR count). The number of aliphatic hydroxyl groups excluding tert-OH is 1. The van der Waals surface area contributed by atoms with Gasteiger partial charge in [-0.15, -0.1) is 0 Å². The Balaban J connectivity index is 2.08. The normalized spacial score (nSPS) is 18.7. The van der Waals surface area contributed by atoms with E-state index in [1.807, 2.05) is 0 Å². The highest BCUT2D eigenvalue weighted by Crippen LogP contribution is 2.18. The summed E-state index contributed by atoms with van der Waals surface area (Å²) in [5.41, 5.74) is -1.23. The number of rotatable bonds is 5. The number of hydrogen-bond donors (Lipinski definition) is 3. The van der Waals surface area contributed by atoms with E-state index in [9.17, 15) is 5.11 Å². The van der Waals surface area contributed by atoms with Crippen molar-refractivity contribution < 1.29 is 10.2 Å². The number of nitrogens with zero attached hydrogens (tertiary/aromatic N) is 4. The fraction of sp³-hybridized carbons (Fsp3) is 0.750. The Bertz CT molecular complexity index is 451. The molecule has 1 aliphatic heterocycles. The zero-order valence-electron chi connectivity index (χ0n) is 11.5. The molecular weight excluding hydrogens is 282 g/mol. The Morgan fingerprint density at radius 1 is 1.25 bits per heavy atom. The molecule has 1 fully saturated rings. The number of halogens is 1. The van der Waals surface area contributed by atoms with Gasteiger partial charge < -0.3 is 20.4 Å². The second-order valence-electron chi connectivity index (χ2n) is 5.28. The van der Waals surface area contributed by atoms with E-state index in [0.29, 0.717) is 11.9 Å². The van der Waals surface area contributed by atoms with Gasteiger partial charge in [0.25, 0.3) is 0 Å². The maximum Gasteiger partial charge on any atom is 0.231 e. The van der Waals surface area contributed by atoms with Crippen molar-refractivity contribution in [2.45, 2.75) is 31.8 Å². The lowest BCUT2D eigenvalue weighted by Gasteiger charge is -2.27. The van der Waals surface area contributed by atoms with E-state index in [2.05, 4.69) is 25.2 Å². The Morgan fingerprint density at radius 2 is 1.95 bits per heavy atom. The molecule has 1 aromatic heterocycles. The van der Waals surface area contributed by atoms with Crippen LogP contribution in [0.2, 0.25) is 5.28 Å². The quantitative estimate of drug-likeness (QED) is 0.736. The fourth-order valence-electron chi connectivity index (χ4n) is 1.98. The Hall–Kier alpha value is -1.18. The molecule has 1 saturated heterocycles. The van der Waals surface area contributed by atoms with Gasteiger partial charge in [0.1, 0.15) is 5.60 Å². The molecular formula is C12H20ClN5O2. The van der Waals surface area contributed by atoms with E-state index < -0.39 is 5.60 Å². The molecule has 0 aliphatic carbocycles. The van der Waals surface area contributed by atoms with Crippen LogP contribution in [0, 0.1) is 0 Å². The smallest absolute Gasteiger partial charge is 0.231 e. The first-order chi connectivity index (χ1) is 9.50. The largest absolute Gasteiger partial charge is 0.393 e. The standard InChI is InChI=1S/C12H20ClN5O2/c1-12(20,8-19)7-14-10-15-9(13)16-11(17-10)18-5-3-2-4-6-18/h19-20H,2-8H2,1H3,(H,14,15,16,17). The van der Waals surface area contributed by atoms with Crippen LogP contribution in [0.25, 0.3) is 0 Å². The predicted octanol–water partition coefficient (Wildman–Crippen LogP) is 0.670. The molecule has 0 spiro atoms. The first-order valence-corrected chi connectivity index (χ1v) is 7.12. The van der Waals surface area contributed by atoms with E-state index >= 15 is 0 Å². The minimum Gasteiger partial charge on any atom is -0.393 e. The van der Waals surface area contributed by atoms with Crippen LogP contribution in [0.4, 0.5) is 11.9 Å². The van der Waals surface area contributed by atoms with Crippen LogP contribution in [0.15, 0.2) is 0 Å². The van der Waals surface area contributed by atoms with Crippen LogP contribution in [0.3, 0.4) is 0 Å². The van der Waals surface area contributed by atoms with Gasteiger partial charge in [0.05, 0.1) is 6.61 Å². The molecule has 0 radical (unpaired) electrons. The number of nitrogens with one attached hydrogen (secondary N) is 1. The molecule has 20 heavy (non-hydrogen) atoms. The highest BCUT2D eigenvalue weighted by Gasteiger charge is 2.20. The molecule has 1 atom stereocenters. The van der Waals surface area contributed by atoms with Crippen molar-refractivity contribution in [1.29, 1.82) is 0 Å². The summed E-state index contributed by atoms with van der Waals surface area (Å²) in [7, 11) is 0. The predicted molar refractivity (Wildman–Crippen MR) is 77.1 cm³/mol. The molecule has 1 aliphatic rings. The number of hydrogen-bond acceptors (Lipinski definition) is 7. The summed E-state index contributed by atoms with van der Waals surface area (Å²) in [6.45, 7) is 3.12. The van der Waals surface area contributed by atoms with Gasteiger partial charge in [-0.3, -0.25) is 0 Å². The highest BCUT2D eigenvalue weighted by molar-refractivity contribution is 6.28. The van der Waals surface area contributed by atoms with Gasteiger partial charge in [-0.1, -0.05) is 0 Å². The minimum absolute atomic E-state index is 0.117. The van der Waals surface area contributed by atoms with Crippen molar-refractivity contribution in [3.05, 3.63) is 5.28 Å². The second-order valence-corrected chi connectivity index (χ2v) is 5.62. The summed E-state index contributed by atoms with van der Waals surface area (Å²) in [5.74, 6) is 0.857. The molecule has 0 bridgehead atoms. The fourth-order valence-corrected chi connectivity index (χ4v) is 2.14. The molecule has 1 unspecified atom stereocenters. The average Bonchev–Trinajstić information content (AvgIpc) is 2.46. The second kappa shape index (κ2) is 6.51. The van der Waals surface area contributed by atoms with Crippen molar-refractivity contribution in [3.8, 4) is 0 Å². The summed E-state index contributed by atoms with van der Waals surface area (Å²) < 4.78 is 0. The summed E-state index contributed by atoms with van der Waals surface area (Å²) in [6, 6.07) is 0.